The van der Waals surface area contributed by atoms with E-state index in [0.717, 1.165) is 12.2 Å². The average molecular weight is 452 g/mol. The third-order valence-corrected chi connectivity index (χ3v) is 4.44. The third kappa shape index (κ3) is 5.85. The summed E-state index contributed by atoms with van der Waals surface area (Å²) < 4.78 is 11.2. The van der Waals surface area contributed by atoms with Gasteiger partial charge in [-0.15, -0.1) is 24.8 Å². The number of aromatic nitrogens is 2. The Hall–Kier alpha value is -2.81. The molecule has 1 atom stereocenters. The Bertz CT molecular complexity index is 911. The number of nitrogens with zero attached hydrogens (tertiary/aromatic N) is 3. The fraction of sp³-hybridized carbons (Fsp3) is 0.250. The van der Waals surface area contributed by atoms with Gasteiger partial charge in [0.1, 0.15) is 18.6 Å². The van der Waals surface area contributed by atoms with Gasteiger partial charge >= 0.3 is 0 Å². The standard InChI is InChI=1S/C20H21N5O3.2ClH/c26-19(18-14-28-20(24-18)23-15-5-2-1-3-6-15)25-10-9-22-11-16(25)13-27-17-7-4-8-21-12-17;;/h1-8,12,14,16,22H,9-11,13H2,(H,23,24);2*1H. The normalized spacial score (nSPS) is 15.5. The van der Waals surface area contributed by atoms with Crippen LogP contribution in [-0.2, 0) is 0 Å². The molecular formula is C20H23Cl2N5O3. The lowest BCUT2D eigenvalue weighted by Gasteiger charge is -2.35. The monoisotopic (exact) mass is 451 g/mol. The van der Waals surface area contributed by atoms with Gasteiger partial charge in [0.15, 0.2) is 5.69 Å². The Labute approximate surface area is 186 Å². The summed E-state index contributed by atoms with van der Waals surface area (Å²) in [5, 5.41) is 6.35. The number of carbonyl (C=O) groups excluding carboxylic acids is 1. The van der Waals surface area contributed by atoms with Gasteiger partial charge in [-0.25, -0.2) is 0 Å². The van der Waals surface area contributed by atoms with Gasteiger partial charge < -0.3 is 24.7 Å². The Morgan fingerprint density at radius 1 is 1.23 bits per heavy atom. The number of piperazine rings is 1. The zero-order chi connectivity index (χ0) is 19.2. The van der Waals surface area contributed by atoms with Gasteiger partial charge in [-0.3, -0.25) is 9.78 Å². The Morgan fingerprint density at radius 2 is 2.07 bits per heavy atom. The molecular weight excluding hydrogens is 429 g/mol. The first-order chi connectivity index (χ1) is 13.8. The second-order valence-corrected chi connectivity index (χ2v) is 6.39. The van der Waals surface area contributed by atoms with Crippen LogP contribution in [0.5, 0.6) is 5.75 Å². The number of pyridine rings is 1. The maximum absolute atomic E-state index is 13.0. The van der Waals surface area contributed by atoms with Crippen molar-refractivity contribution in [3.63, 3.8) is 0 Å². The summed E-state index contributed by atoms with van der Waals surface area (Å²) in [6, 6.07) is 13.4. The van der Waals surface area contributed by atoms with Crippen LogP contribution in [0.2, 0.25) is 0 Å². The SMILES string of the molecule is Cl.Cl.O=C(c1coc(Nc2ccccc2)n1)N1CCNCC1COc1cccnc1. The number of para-hydroxylation sites is 1. The number of benzene rings is 1. The minimum atomic E-state index is -0.175. The summed E-state index contributed by atoms with van der Waals surface area (Å²) in [5.41, 5.74) is 1.11. The van der Waals surface area contributed by atoms with Gasteiger partial charge in [0.2, 0.25) is 0 Å². The molecule has 1 aromatic carbocycles. The number of hydrogen-bond acceptors (Lipinski definition) is 7. The van der Waals surface area contributed by atoms with E-state index in [-0.39, 0.29) is 48.5 Å². The minimum absolute atomic E-state index is 0. The van der Waals surface area contributed by atoms with E-state index in [1.165, 1.54) is 6.26 Å². The highest BCUT2D eigenvalue weighted by molar-refractivity contribution is 5.92. The summed E-state index contributed by atoms with van der Waals surface area (Å²) >= 11 is 0. The Balaban J connectivity index is 0.00000160. The Kier molecular flexibility index (Phi) is 8.91. The van der Waals surface area contributed by atoms with E-state index in [4.69, 9.17) is 9.15 Å². The van der Waals surface area contributed by atoms with E-state index in [1.807, 2.05) is 42.5 Å². The number of rotatable bonds is 6. The molecule has 30 heavy (non-hydrogen) atoms. The van der Waals surface area contributed by atoms with Crippen molar-refractivity contribution in [3.05, 3.63) is 66.8 Å². The molecule has 3 heterocycles. The largest absolute Gasteiger partial charge is 0.490 e. The van der Waals surface area contributed by atoms with Crippen LogP contribution < -0.4 is 15.4 Å². The molecule has 2 aromatic heterocycles. The maximum atomic E-state index is 13.0. The second-order valence-electron chi connectivity index (χ2n) is 6.39. The van der Waals surface area contributed by atoms with Crippen molar-refractivity contribution in [2.24, 2.45) is 0 Å². The van der Waals surface area contributed by atoms with Gasteiger partial charge in [0.05, 0.1) is 12.2 Å². The van der Waals surface area contributed by atoms with Crippen molar-refractivity contribution in [2.45, 2.75) is 6.04 Å². The Morgan fingerprint density at radius 3 is 2.83 bits per heavy atom. The highest BCUT2D eigenvalue weighted by Crippen LogP contribution is 2.18. The number of halogens is 2. The third-order valence-electron chi connectivity index (χ3n) is 4.44. The first kappa shape index (κ1) is 23.5. The maximum Gasteiger partial charge on any atom is 0.299 e. The van der Waals surface area contributed by atoms with Crippen molar-refractivity contribution >= 4 is 42.4 Å². The molecule has 4 rings (SSSR count). The number of amides is 1. The second kappa shape index (κ2) is 11.4. The lowest BCUT2D eigenvalue weighted by molar-refractivity contribution is 0.0553. The van der Waals surface area contributed by atoms with Crippen molar-refractivity contribution in [3.8, 4) is 5.75 Å². The number of oxazole rings is 1. The summed E-state index contributed by atoms with van der Waals surface area (Å²) in [7, 11) is 0. The highest BCUT2D eigenvalue weighted by Gasteiger charge is 2.29. The van der Waals surface area contributed by atoms with E-state index in [2.05, 4.69) is 20.6 Å². The van der Waals surface area contributed by atoms with Crippen LogP contribution in [0.3, 0.4) is 0 Å². The van der Waals surface area contributed by atoms with E-state index in [1.54, 1.807) is 17.3 Å². The first-order valence-corrected chi connectivity index (χ1v) is 9.12. The zero-order valence-corrected chi connectivity index (χ0v) is 17.7. The molecule has 0 radical (unpaired) electrons. The molecule has 3 aromatic rings. The highest BCUT2D eigenvalue weighted by atomic mass is 35.5. The van der Waals surface area contributed by atoms with Crippen LogP contribution >= 0.6 is 24.8 Å². The lowest BCUT2D eigenvalue weighted by Crippen LogP contribution is -2.56. The van der Waals surface area contributed by atoms with Gasteiger partial charge in [-0.1, -0.05) is 18.2 Å². The van der Waals surface area contributed by atoms with Crippen LogP contribution in [0.4, 0.5) is 11.7 Å². The number of ether oxygens (including phenoxy) is 1. The minimum Gasteiger partial charge on any atom is -0.490 e. The molecule has 1 saturated heterocycles. The van der Waals surface area contributed by atoms with Crippen LogP contribution in [0.15, 0.2) is 65.5 Å². The smallest absolute Gasteiger partial charge is 0.299 e. The number of hydrogen-bond donors (Lipinski definition) is 2. The summed E-state index contributed by atoms with van der Waals surface area (Å²) in [5.74, 6) is 0.502. The molecule has 0 aliphatic carbocycles. The number of anilines is 2. The first-order valence-electron chi connectivity index (χ1n) is 9.12. The fourth-order valence-corrected chi connectivity index (χ4v) is 3.02. The van der Waals surface area contributed by atoms with Crippen molar-refractivity contribution in [2.75, 3.05) is 31.6 Å². The topological polar surface area (TPSA) is 92.5 Å². The predicted molar refractivity (Wildman–Crippen MR) is 118 cm³/mol. The predicted octanol–water partition coefficient (Wildman–Crippen LogP) is 3.15. The van der Waals surface area contributed by atoms with Crippen molar-refractivity contribution in [1.82, 2.24) is 20.2 Å². The van der Waals surface area contributed by atoms with E-state index in [9.17, 15) is 4.79 Å². The van der Waals surface area contributed by atoms with Crippen LogP contribution in [-0.4, -0.2) is 53.1 Å². The van der Waals surface area contributed by atoms with Crippen molar-refractivity contribution < 1.29 is 13.9 Å². The molecule has 0 spiro atoms. The average Bonchev–Trinajstić information content (AvgIpc) is 3.22. The summed E-state index contributed by atoms with van der Waals surface area (Å²) in [6.07, 6.45) is 4.73. The van der Waals surface area contributed by atoms with Gasteiger partial charge in [-0.05, 0) is 24.3 Å². The van der Waals surface area contributed by atoms with Crippen molar-refractivity contribution in [1.29, 1.82) is 0 Å². The van der Waals surface area contributed by atoms with Gasteiger partial charge in [0, 0.05) is 31.5 Å². The summed E-state index contributed by atoms with van der Waals surface area (Å²) in [4.78, 5) is 23.1. The number of nitrogens with one attached hydrogen (secondary N) is 2. The van der Waals surface area contributed by atoms with Crippen LogP contribution in [0.25, 0.3) is 0 Å². The van der Waals surface area contributed by atoms with E-state index in [0.29, 0.717) is 25.4 Å². The van der Waals surface area contributed by atoms with Crippen LogP contribution in [0, 0.1) is 0 Å². The molecule has 1 unspecified atom stereocenters. The number of carbonyl (C=O) groups is 1. The molecule has 1 aliphatic rings. The lowest BCUT2D eigenvalue weighted by atomic mass is 10.2. The quantitative estimate of drug-likeness (QED) is 0.594. The molecule has 0 bridgehead atoms. The molecule has 10 heteroatoms. The summed E-state index contributed by atoms with van der Waals surface area (Å²) in [6.45, 7) is 2.33. The van der Waals surface area contributed by atoms with Crippen LogP contribution in [0.1, 0.15) is 10.5 Å². The van der Waals surface area contributed by atoms with Gasteiger partial charge in [0.25, 0.3) is 11.9 Å². The fourth-order valence-electron chi connectivity index (χ4n) is 3.02. The van der Waals surface area contributed by atoms with Gasteiger partial charge in [-0.2, -0.15) is 4.98 Å². The molecule has 1 aliphatic heterocycles. The van der Waals surface area contributed by atoms with E-state index < -0.39 is 0 Å². The van der Waals surface area contributed by atoms with E-state index >= 15 is 0 Å². The zero-order valence-electron chi connectivity index (χ0n) is 16.1. The molecule has 1 amide bonds. The molecule has 1 fully saturated rings. The molecule has 160 valence electrons. The molecule has 0 saturated carbocycles. The molecule has 2 N–H and O–H groups in total. The molecule has 8 nitrogen and oxygen atoms in total.